The molecule has 124 valence electrons. The van der Waals surface area contributed by atoms with E-state index in [0.717, 1.165) is 17.9 Å². The van der Waals surface area contributed by atoms with E-state index in [4.69, 9.17) is 4.74 Å². The number of imidazole rings is 1. The molecular formula is C19H27N3O. The second-order valence-corrected chi connectivity index (χ2v) is 6.98. The van der Waals surface area contributed by atoms with E-state index in [1.807, 2.05) is 25.6 Å². The van der Waals surface area contributed by atoms with E-state index in [2.05, 4.69) is 40.6 Å². The van der Waals surface area contributed by atoms with Crippen LogP contribution in [0.3, 0.4) is 0 Å². The highest BCUT2D eigenvalue weighted by atomic mass is 16.5. The fourth-order valence-electron chi connectivity index (χ4n) is 3.64. The van der Waals surface area contributed by atoms with Crippen molar-refractivity contribution in [3.8, 4) is 5.75 Å². The number of aromatic nitrogens is 3. The van der Waals surface area contributed by atoms with Gasteiger partial charge in [-0.25, -0.2) is 4.98 Å². The Balaban J connectivity index is 1.72. The van der Waals surface area contributed by atoms with Crippen molar-refractivity contribution >= 4 is 0 Å². The number of pyridine rings is 1. The maximum atomic E-state index is 6.06. The molecule has 2 atom stereocenters. The molecule has 1 aliphatic carbocycles. The predicted molar refractivity (Wildman–Crippen MR) is 91.8 cm³/mol. The molecular weight excluding hydrogens is 286 g/mol. The third-order valence-electron chi connectivity index (χ3n) is 4.86. The molecule has 0 aliphatic heterocycles. The van der Waals surface area contributed by atoms with Crippen molar-refractivity contribution in [2.24, 2.45) is 5.92 Å². The van der Waals surface area contributed by atoms with Crippen LogP contribution in [0.15, 0.2) is 31.0 Å². The van der Waals surface area contributed by atoms with Crippen molar-refractivity contribution in [3.05, 3.63) is 42.2 Å². The summed E-state index contributed by atoms with van der Waals surface area (Å²) in [6.45, 7) is 7.25. The lowest BCUT2D eigenvalue weighted by Crippen LogP contribution is -2.26. The van der Waals surface area contributed by atoms with Crippen LogP contribution in [-0.4, -0.2) is 21.1 Å². The Morgan fingerprint density at radius 1 is 1.17 bits per heavy atom. The third-order valence-corrected chi connectivity index (χ3v) is 4.86. The van der Waals surface area contributed by atoms with Crippen LogP contribution in [0.1, 0.15) is 62.7 Å². The molecule has 0 bridgehead atoms. The first-order chi connectivity index (χ1) is 11.1. The molecule has 0 N–H and O–H groups in total. The van der Waals surface area contributed by atoms with Crippen LogP contribution in [0.4, 0.5) is 0 Å². The lowest BCUT2D eigenvalue weighted by Gasteiger charge is -2.32. The van der Waals surface area contributed by atoms with E-state index in [1.54, 1.807) is 0 Å². The lowest BCUT2D eigenvalue weighted by atomic mass is 9.78. The van der Waals surface area contributed by atoms with Gasteiger partial charge in [-0.15, -0.1) is 0 Å². The Bertz CT molecular complexity index is 635. The molecule has 2 aromatic rings. The average Bonchev–Trinajstić information content (AvgIpc) is 3.03. The van der Waals surface area contributed by atoms with Crippen molar-refractivity contribution in [3.63, 3.8) is 0 Å². The standard InChI is InChI=1S/C19H27N3O/c1-14(2)22-13-21-11-19(22)18-7-5-4-6-16(18)12-23-17-8-15(3)9-20-10-17/h8-11,13-14,16,18H,4-7,12H2,1-3H3. The van der Waals surface area contributed by atoms with Gasteiger partial charge in [-0.2, -0.15) is 0 Å². The van der Waals surface area contributed by atoms with Gasteiger partial charge >= 0.3 is 0 Å². The highest BCUT2D eigenvalue weighted by molar-refractivity contribution is 5.22. The summed E-state index contributed by atoms with van der Waals surface area (Å²) < 4.78 is 8.38. The molecule has 2 aromatic heterocycles. The van der Waals surface area contributed by atoms with E-state index in [0.29, 0.717) is 17.9 Å². The highest BCUT2D eigenvalue weighted by Gasteiger charge is 2.29. The quantitative estimate of drug-likeness (QED) is 0.814. The highest BCUT2D eigenvalue weighted by Crippen LogP contribution is 2.38. The lowest BCUT2D eigenvalue weighted by molar-refractivity contribution is 0.181. The summed E-state index contributed by atoms with van der Waals surface area (Å²) in [4.78, 5) is 8.61. The maximum Gasteiger partial charge on any atom is 0.137 e. The number of hydrogen-bond acceptors (Lipinski definition) is 3. The molecule has 0 radical (unpaired) electrons. The normalized spacial score (nSPS) is 21.6. The zero-order valence-electron chi connectivity index (χ0n) is 14.4. The summed E-state index contributed by atoms with van der Waals surface area (Å²) >= 11 is 0. The van der Waals surface area contributed by atoms with E-state index in [1.165, 1.54) is 31.4 Å². The molecule has 1 saturated carbocycles. The molecule has 3 rings (SSSR count). The van der Waals surface area contributed by atoms with E-state index in [9.17, 15) is 0 Å². The first-order valence-electron chi connectivity index (χ1n) is 8.71. The number of rotatable bonds is 5. The number of ether oxygens (including phenoxy) is 1. The van der Waals surface area contributed by atoms with Crippen molar-refractivity contribution in [2.45, 2.75) is 58.4 Å². The maximum absolute atomic E-state index is 6.06. The van der Waals surface area contributed by atoms with Gasteiger partial charge in [-0.3, -0.25) is 4.98 Å². The smallest absolute Gasteiger partial charge is 0.137 e. The van der Waals surface area contributed by atoms with Gasteiger partial charge in [-0.05, 0) is 45.2 Å². The average molecular weight is 313 g/mol. The number of nitrogens with zero attached hydrogens (tertiary/aromatic N) is 3. The van der Waals surface area contributed by atoms with Crippen LogP contribution < -0.4 is 4.74 Å². The molecule has 2 heterocycles. The topological polar surface area (TPSA) is 39.9 Å². The largest absolute Gasteiger partial charge is 0.492 e. The monoisotopic (exact) mass is 313 g/mol. The minimum atomic E-state index is 0.456. The fraction of sp³-hybridized carbons (Fsp3) is 0.579. The van der Waals surface area contributed by atoms with Gasteiger partial charge in [0.15, 0.2) is 0 Å². The van der Waals surface area contributed by atoms with Gasteiger partial charge < -0.3 is 9.30 Å². The number of hydrogen-bond donors (Lipinski definition) is 0. The van der Waals surface area contributed by atoms with Crippen LogP contribution in [-0.2, 0) is 0 Å². The zero-order valence-corrected chi connectivity index (χ0v) is 14.4. The second kappa shape index (κ2) is 7.16. The molecule has 0 aromatic carbocycles. The van der Waals surface area contributed by atoms with Crippen molar-refractivity contribution in [2.75, 3.05) is 6.61 Å². The molecule has 4 nitrogen and oxygen atoms in total. The first kappa shape index (κ1) is 16.0. The Labute approximate surface area is 138 Å². The van der Waals surface area contributed by atoms with Crippen molar-refractivity contribution in [1.82, 2.24) is 14.5 Å². The molecule has 1 aliphatic rings. The van der Waals surface area contributed by atoms with Gasteiger partial charge in [0.25, 0.3) is 0 Å². The molecule has 0 spiro atoms. The van der Waals surface area contributed by atoms with Gasteiger partial charge in [0, 0.05) is 36.0 Å². The van der Waals surface area contributed by atoms with Crippen LogP contribution in [0.25, 0.3) is 0 Å². The second-order valence-electron chi connectivity index (χ2n) is 6.98. The van der Waals surface area contributed by atoms with Crippen LogP contribution in [0.5, 0.6) is 5.75 Å². The summed E-state index contributed by atoms with van der Waals surface area (Å²) in [5.74, 6) is 1.98. The van der Waals surface area contributed by atoms with Gasteiger partial charge in [0.1, 0.15) is 5.75 Å². The Kier molecular flexibility index (Phi) is 4.99. The van der Waals surface area contributed by atoms with Crippen LogP contribution in [0, 0.1) is 12.8 Å². The summed E-state index contributed by atoms with van der Waals surface area (Å²) in [6.07, 6.45) is 12.8. The van der Waals surface area contributed by atoms with Gasteiger partial charge in [0.2, 0.25) is 0 Å². The van der Waals surface area contributed by atoms with Crippen LogP contribution in [0.2, 0.25) is 0 Å². The number of aryl methyl sites for hydroxylation is 1. The van der Waals surface area contributed by atoms with Gasteiger partial charge in [-0.1, -0.05) is 12.8 Å². The summed E-state index contributed by atoms with van der Waals surface area (Å²) in [5, 5.41) is 0. The molecule has 23 heavy (non-hydrogen) atoms. The Hall–Kier alpha value is -1.84. The summed E-state index contributed by atoms with van der Waals surface area (Å²) in [6, 6.07) is 2.51. The van der Waals surface area contributed by atoms with Crippen molar-refractivity contribution in [1.29, 1.82) is 0 Å². The van der Waals surface area contributed by atoms with E-state index in [-0.39, 0.29) is 0 Å². The molecule has 0 saturated heterocycles. The third kappa shape index (κ3) is 3.74. The molecule has 0 amide bonds. The Morgan fingerprint density at radius 3 is 2.78 bits per heavy atom. The SMILES string of the molecule is Cc1cncc(OCC2CCCCC2c2cncn2C(C)C)c1. The summed E-state index contributed by atoms with van der Waals surface area (Å²) in [5.41, 5.74) is 2.51. The molecule has 1 fully saturated rings. The minimum Gasteiger partial charge on any atom is -0.492 e. The molecule has 2 unspecified atom stereocenters. The summed E-state index contributed by atoms with van der Waals surface area (Å²) in [7, 11) is 0. The predicted octanol–water partition coefficient (Wildman–Crippen LogP) is 4.52. The van der Waals surface area contributed by atoms with Crippen molar-refractivity contribution < 1.29 is 4.74 Å². The van der Waals surface area contributed by atoms with E-state index >= 15 is 0 Å². The van der Waals surface area contributed by atoms with E-state index < -0.39 is 0 Å². The minimum absolute atomic E-state index is 0.456. The van der Waals surface area contributed by atoms with Crippen LogP contribution >= 0.6 is 0 Å². The molecule has 4 heteroatoms. The Morgan fingerprint density at radius 2 is 2.00 bits per heavy atom. The zero-order chi connectivity index (χ0) is 16.2. The van der Waals surface area contributed by atoms with Gasteiger partial charge in [0.05, 0.1) is 19.1 Å². The fourth-order valence-corrected chi connectivity index (χ4v) is 3.64. The first-order valence-corrected chi connectivity index (χ1v) is 8.71.